The van der Waals surface area contributed by atoms with Gasteiger partial charge in [0.25, 0.3) is 0 Å². The third-order valence-electron chi connectivity index (χ3n) is 5.84. The summed E-state index contributed by atoms with van der Waals surface area (Å²) in [6, 6.07) is 4.05. The van der Waals surface area contributed by atoms with E-state index in [1.165, 1.54) is 5.56 Å². The van der Waals surface area contributed by atoms with E-state index in [1.807, 2.05) is 23.1 Å². The van der Waals surface area contributed by atoms with Gasteiger partial charge in [0.15, 0.2) is 11.5 Å². The lowest BCUT2D eigenvalue weighted by Gasteiger charge is -2.48. The Balaban J connectivity index is 1.74. The molecule has 3 heterocycles. The molecule has 1 spiro atoms. The molecule has 6 heteroatoms. The van der Waals surface area contributed by atoms with E-state index < -0.39 is 11.6 Å². The third kappa shape index (κ3) is 1.65. The predicted molar refractivity (Wildman–Crippen MR) is 83.8 cm³/mol. The number of hydrogen-bond donors (Lipinski definition) is 1. The Morgan fingerprint density at radius 2 is 2.12 bits per heavy atom. The summed E-state index contributed by atoms with van der Waals surface area (Å²) in [6.07, 6.45) is 2.53. The fourth-order valence-corrected chi connectivity index (χ4v) is 4.73. The van der Waals surface area contributed by atoms with Gasteiger partial charge >= 0.3 is 0 Å². The summed E-state index contributed by atoms with van der Waals surface area (Å²) in [5.74, 6) is 1.62. The van der Waals surface area contributed by atoms with Crippen LogP contribution in [0.15, 0.2) is 23.8 Å². The maximum atomic E-state index is 12.6. The molecular weight excluding hydrogens is 310 g/mol. The van der Waals surface area contributed by atoms with Crippen molar-refractivity contribution in [1.82, 2.24) is 4.90 Å². The molecule has 1 fully saturated rings. The molecule has 0 saturated carbocycles. The number of carbonyl (C=O) groups is 1. The maximum absolute atomic E-state index is 12.6. The highest BCUT2D eigenvalue weighted by Crippen LogP contribution is 2.55. The van der Waals surface area contributed by atoms with E-state index in [0.717, 1.165) is 29.1 Å². The van der Waals surface area contributed by atoms with Crippen LogP contribution in [-0.4, -0.2) is 48.6 Å². The van der Waals surface area contributed by atoms with E-state index in [1.54, 1.807) is 7.11 Å². The highest BCUT2D eigenvalue weighted by molar-refractivity contribution is 5.86. The van der Waals surface area contributed by atoms with Crippen LogP contribution in [-0.2, 0) is 21.5 Å². The molecule has 3 aliphatic heterocycles. The summed E-state index contributed by atoms with van der Waals surface area (Å²) in [4.78, 5) is 14.6. The van der Waals surface area contributed by atoms with Crippen molar-refractivity contribution in [3.63, 3.8) is 0 Å². The Morgan fingerprint density at radius 1 is 1.33 bits per heavy atom. The van der Waals surface area contributed by atoms with Gasteiger partial charge in [-0.1, -0.05) is 6.08 Å². The fraction of sp³-hybridized carbons (Fsp3) is 0.500. The van der Waals surface area contributed by atoms with Crippen LogP contribution in [0.1, 0.15) is 24.0 Å². The molecule has 0 aromatic heterocycles. The second kappa shape index (κ2) is 4.74. The first-order valence-electron chi connectivity index (χ1n) is 8.29. The van der Waals surface area contributed by atoms with Gasteiger partial charge in [-0.25, -0.2) is 0 Å². The second-order valence-electron chi connectivity index (χ2n) is 6.86. The summed E-state index contributed by atoms with van der Waals surface area (Å²) in [7, 11) is 1.61. The van der Waals surface area contributed by atoms with E-state index in [2.05, 4.69) is 0 Å². The maximum Gasteiger partial charge on any atom is 0.231 e. The Kier molecular flexibility index (Phi) is 2.82. The molecule has 4 aliphatic rings. The lowest BCUT2D eigenvalue weighted by molar-refractivity contribution is -0.133. The van der Waals surface area contributed by atoms with Crippen LogP contribution >= 0.6 is 0 Å². The van der Waals surface area contributed by atoms with E-state index in [9.17, 15) is 9.90 Å². The summed E-state index contributed by atoms with van der Waals surface area (Å²) in [6.45, 7) is 0.908. The summed E-state index contributed by atoms with van der Waals surface area (Å²) in [5, 5.41) is 10.3. The summed E-state index contributed by atoms with van der Waals surface area (Å²) >= 11 is 0. The number of aliphatic hydroxyl groups is 1. The zero-order chi connectivity index (χ0) is 16.5. The van der Waals surface area contributed by atoms with Gasteiger partial charge in [-0.05, 0) is 35.3 Å². The van der Waals surface area contributed by atoms with Crippen LogP contribution in [0.4, 0.5) is 0 Å². The van der Waals surface area contributed by atoms with Gasteiger partial charge in [-0.2, -0.15) is 0 Å². The molecule has 0 radical (unpaired) electrons. The van der Waals surface area contributed by atoms with Crippen LogP contribution in [0.2, 0.25) is 0 Å². The standard InChI is InChI=1S/C18H19NO5/c1-22-16-8-18-11(5-13(16)20)6-17(21)19(18)3-2-10-4-14-15(7-12(10)18)24-9-23-14/h4-5,7,13,16,20H,2-3,6,8-9H2,1H3. The highest BCUT2D eigenvalue weighted by atomic mass is 16.7. The number of benzene rings is 1. The monoisotopic (exact) mass is 329 g/mol. The smallest absolute Gasteiger partial charge is 0.231 e. The van der Waals surface area contributed by atoms with Crippen molar-refractivity contribution in [3.05, 3.63) is 34.9 Å². The number of rotatable bonds is 1. The molecule has 1 aliphatic carbocycles. The topological polar surface area (TPSA) is 68.2 Å². The fourth-order valence-electron chi connectivity index (χ4n) is 4.73. The molecule has 5 rings (SSSR count). The van der Waals surface area contributed by atoms with Crippen LogP contribution in [0.5, 0.6) is 11.5 Å². The molecule has 1 aromatic carbocycles. The van der Waals surface area contributed by atoms with Crippen molar-refractivity contribution in [3.8, 4) is 11.5 Å². The quantitative estimate of drug-likeness (QED) is 0.782. The first-order chi connectivity index (χ1) is 11.6. The average Bonchev–Trinajstić information content (AvgIpc) is 3.13. The molecule has 3 atom stereocenters. The number of nitrogens with zero attached hydrogens (tertiary/aromatic N) is 1. The van der Waals surface area contributed by atoms with E-state index in [0.29, 0.717) is 19.4 Å². The predicted octanol–water partition coefficient (Wildman–Crippen LogP) is 1.10. The third-order valence-corrected chi connectivity index (χ3v) is 5.84. The zero-order valence-electron chi connectivity index (χ0n) is 13.4. The number of carbonyl (C=O) groups excluding carboxylic acids is 1. The molecule has 1 aromatic rings. The van der Waals surface area contributed by atoms with Gasteiger partial charge in [0.2, 0.25) is 12.7 Å². The minimum atomic E-state index is -0.678. The van der Waals surface area contributed by atoms with E-state index >= 15 is 0 Å². The van der Waals surface area contributed by atoms with Crippen molar-refractivity contribution in [2.45, 2.75) is 37.0 Å². The number of aliphatic hydroxyl groups excluding tert-OH is 1. The normalized spacial score (nSPS) is 33.0. The Bertz CT molecular complexity index is 773. The van der Waals surface area contributed by atoms with Gasteiger partial charge in [0.05, 0.1) is 24.2 Å². The van der Waals surface area contributed by atoms with Crippen molar-refractivity contribution in [1.29, 1.82) is 0 Å². The van der Waals surface area contributed by atoms with Crippen LogP contribution in [0.3, 0.4) is 0 Å². The minimum absolute atomic E-state index is 0.119. The second-order valence-corrected chi connectivity index (χ2v) is 6.86. The number of hydrogen-bond acceptors (Lipinski definition) is 5. The van der Waals surface area contributed by atoms with Gasteiger partial charge in [0.1, 0.15) is 0 Å². The highest BCUT2D eigenvalue weighted by Gasteiger charge is 2.56. The molecule has 3 unspecified atom stereocenters. The van der Waals surface area contributed by atoms with Crippen LogP contribution < -0.4 is 9.47 Å². The average molecular weight is 329 g/mol. The molecule has 24 heavy (non-hydrogen) atoms. The molecule has 6 nitrogen and oxygen atoms in total. The Morgan fingerprint density at radius 3 is 2.92 bits per heavy atom. The number of methoxy groups -OCH3 is 1. The molecular formula is C18H19NO5. The van der Waals surface area contributed by atoms with Gasteiger partial charge in [-0.15, -0.1) is 0 Å². The van der Waals surface area contributed by atoms with Gasteiger partial charge in [0, 0.05) is 20.1 Å². The van der Waals surface area contributed by atoms with Crippen molar-refractivity contribution in [2.24, 2.45) is 0 Å². The number of fused-ring (bicyclic) bond motifs is 2. The molecule has 1 N–H and O–H groups in total. The minimum Gasteiger partial charge on any atom is -0.454 e. The van der Waals surface area contributed by atoms with E-state index in [4.69, 9.17) is 14.2 Å². The summed E-state index contributed by atoms with van der Waals surface area (Å²) in [5.41, 5.74) is 2.73. The lowest BCUT2D eigenvalue weighted by Crippen LogP contribution is -2.53. The first kappa shape index (κ1) is 14.3. The van der Waals surface area contributed by atoms with E-state index in [-0.39, 0.29) is 18.8 Å². The molecule has 1 amide bonds. The van der Waals surface area contributed by atoms with Crippen molar-refractivity contribution < 1.29 is 24.1 Å². The van der Waals surface area contributed by atoms with Gasteiger partial charge in [-0.3, -0.25) is 4.79 Å². The Labute approximate surface area is 139 Å². The lowest BCUT2D eigenvalue weighted by atomic mass is 9.70. The first-order valence-corrected chi connectivity index (χ1v) is 8.29. The van der Waals surface area contributed by atoms with Crippen molar-refractivity contribution in [2.75, 3.05) is 20.4 Å². The van der Waals surface area contributed by atoms with Gasteiger partial charge < -0.3 is 24.2 Å². The molecule has 126 valence electrons. The van der Waals surface area contributed by atoms with Crippen LogP contribution in [0.25, 0.3) is 0 Å². The largest absolute Gasteiger partial charge is 0.454 e. The SMILES string of the molecule is COC1CC23C(=CC1O)CC(=O)N2CCc1cc2c(cc13)OCO2. The number of ether oxygens (including phenoxy) is 3. The van der Waals surface area contributed by atoms with Crippen molar-refractivity contribution >= 4 is 5.91 Å². The molecule has 1 saturated heterocycles. The Hall–Kier alpha value is -2.05. The summed E-state index contributed by atoms with van der Waals surface area (Å²) < 4.78 is 16.6. The zero-order valence-corrected chi connectivity index (χ0v) is 13.4. The van der Waals surface area contributed by atoms with Crippen LogP contribution in [0, 0.1) is 0 Å². The molecule has 0 bridgehead atoms. The number of amides is 1.